The van der Waals surface area contributed by atoms with E-state index in [-0.39, 0.29) is 18.8 Å². The molecule has 0 spiro atoms. The van der Waals surface area contributed by atoms with Crippen molar-refractivity contribution in [3.63, 3.8) is 0 Å². The third-order valence-corrected chi connectivity index (χ3v) is 6.26. The molecular weight excluding hydrogens is 498 g/mol. The van der Waals surface area contributed by atoms with Gasteiger partial charge in [-0.2, -0.15) is 5.26 Å². The SMILES string of the molecule is CCCCCCCn1c(=O)c(NCCCCc2cccc(OC(C)(C)C(=O)OCC)c2)nn(CCC#N)c1=O. The number of nitrogens with zero attached hydrogens (tertiary/aromatic N) is 4. The van der Waals surface area contributed by atoms with Gasteiger partial charge in [0.25, 0.3) is 5.56 Å². The number of nitrogens with one attached hydrogen (secondary N) is 1. The van der Waals surface area contributed by atoms with E-state index in [2.05, 4.69) is 17.3 Å². The summed E-state index contributed by atoms with van der Waals surface area (Å²) in [4.78, 5) is 37.9. The summed E-state index contributed by atoms with van der Waals surface area (Å²) >= 11 is 0. The highest BCUT2D eigenvalue weighted by Gasteiger charge is 2.31. The summed E-state index contributed by atoms with van der Waals surface area (Å²) in [5, 5.41) is 16.3. The van der Waals surface area contributed by atoms with Crippen molar-refractivity contribution in [1.29, 1.82) is 5.26 Å². The fourth-order valence-electron chi connectivity index (χ4n) is 4.11. The zero-order valence-electron chi connectivity index (χ0n) is 23.8. The zero-order chi connectivity index (χ0) is 28.7. The summed E-state index contributed by atoms with van der Waals surface area (Å²) in [6, 6.07) is 9.65. The van der Waals surface area contributed by atoms with Gasteiger partial charge in [0.2, 0.25) is 5.82 Å². The second kappa shape index (κ2) is 16.4. The van der Waals surface area contributed by atoms with Gasteiger partial charge in [0.15, 0.2) is 5.60 Å². The van der Waals surface area contributed by atoms with Crippen LogP contribution in [0.2, 0.25) is 0 Å². The van der Waals surface area contributed by atoms with Crippen LogP contribution in [0.4, 0.5) is 5.82 Å². The van der Waals surface area contributed by atoms with Gasteiger partial charge in [0.05, 0.1) is 25.6 Å². The Morgan fingerprint density at radius 1 is 1.08 bits per heavy atom. The fourth-order valence-corrected chi connectivity index (χ4v) is 4.11. The van der Waals surface area contributed by atoms with Gasteiger partial charge < -0.3 is 14.8 Å². The molecule has 1 aromatic heterocycles. The van der Waals surface area contributed by atoms with Crippen LogP contribution in [0, 0.1) is 11.3 Å². The molecule has 0 aliphatic carbocycles. The Balaban J connectivity index is 1.96. The monoisotopic (exact) mass is 541 g/mol. The lowest BCUT2D eigenvalue weighted by molar-refractivity contribution is -0.158. The first-order valence-electron chi connectivity index (χ1n) is 14.0. The number of carbonyl (C=O) groups excluding carboxylic acids is 1. The van der Waals surface area contributed by atoms with E-state index in [0.717, 1.165) is 56.9 Å². The minimum atomic E-state index is -1.09. The molecule has 2 aromatic rings. The van der Waals surface area contributed by atoms with Crippen LogP contribution >= 0.6 is 0 Å². The second-order valence-corrected chi connectivity index (χ2v) is 10.00. The number of aromatic nitrogens is 3. The van der Waals surface area contributed by atoms with Crippen molar-refractivity contribution in [3.8, 4) is 11.8 Å². The lowest BCUT2D eigenvalue weighted by atomic mass is 10.1. The normalized spacial score (nSPS) is 11.2. The number of hydrogen-bond donors (Lipinski definition) is 1. The molecule has 10 nitrogen and oxygen atoms in total. The Morgan fingerprint density at radius 2 is 1.85 bits per heavy atom. The van der Waals surface area contributed by atoms with Crippen LogP contribution in [0.15, 0.2) is 33.9 Å². The molecule has 1 heterocycles. The average molecular weight is 542 g/mol. The number of hydrogen-bond acceptors (Lipinski definition) is 8. The standard InChI is InChI=1S/C29H43N5O5/c1-5-7-8-9-12-20-33-26(35)25(32-34(28(33)37)21-14-18-30)31-19-11-10-15-23-16-13-17-24(22-23)39-29(3,4)27(36)38-6-2/h13,16-17,22H,5-12,14-15,19-21H2,1-4H3,(H,31,32). The number of anilines is 1. The molecule has 0 aliphatic rings. The lowest BCUT2D eigenvalue weighted by Crippen LogP contribution is -2.43. The molecule has 1 aromatic carbocycles. The van der Waals surface area contributed by atoms with Crippen LogP contribution in [0.1, 0.15) is 84.6 Å². The zero-order valence-corrected chi connectivity index (χ0v) is 23.8. The quantitative estimate of drug-likeness (QED) is 0.217. The van der Waals surface area contributed by atoms with E-state index in [4.69, 9.17) is 14.7 Å². The van der Waals surface area contributed by atoms with Crippen LogP contribution in [-0.4, -0.2) is 39.1 Å². The number of ether oxygens (including phenoxy) is 2. The molecule has 0 saturated heterocycles. The highest BCUT2D eigenvalue weighted by atomic mass is 16.6. The maximum absolute atomic E-state index is 13.0. The Bertz CT molecular complexity index is 1210. The highest BCUT2D eigenvalue weighted by molar-refractivity contribution is 5.79. The van der Waals surface area contributed by atoms with Crippen LogP contribution in [0.3, 0.4) is 0 Å². The smallest absolute Gasteiger partial charge is 0.349 e. The van der Waals surface area contributed by atoms with Gasteiger partial charge in [-0.05, 0) is 64.2 Å². The second-order valence-electron chi connectivity index (χ2n) is 10.00. The van der Waals surface area contributed by atoms with Crippen molar-refractivity contribution in [2.45, 2.75) is 104 Å². The molecule has 0 amide bonds. The highest BCUT2D eigenvalue weighted by Crippen LogP contribution is 2.22. The summed E-state index contributed by atoms with van der Waals surface area (Å²) in [6.45, 7) is 8.56. The molecule has 0 saturated carbocycles. The molecule has 0 fully saturated rings. The molecular formula is C29H43N5O5. The summed E-state index contributed by atoms with van der Waals surface area (Å²) < 4.78 is 13.4. The van der Waals surface area contributed by atoms with Crippen molar-refractivity contribution in [3.05, 3.63) is 50.7 Å². The number of nitriles is 1. The van der Waals surface area contributed by atoms with Crippen molar-refractivity contribution >= 4 is 11.8 Å². The number of esters is 1. The van der Waals surface area contributed by atoms with Crippen molar-refractivity contribution in [2.24, 2.45) is 0 Å². The van der Waals surface area contributed by atoms with Gasteiger partial charge in [-0.25, -0.2) is 14.3 Å². The lowest BCUT2D eigenvalue weighted by Gasteiger charge is -2.24. The first kappa shape index (κ1) is 31.6. The van der Waals surface area contributed by atoms with Crippen molar-refractivity contribution in [2.75, 3.05) is 18.5 Å². The van der Waals surface area contributed by atoms with E-state index in [1.54, 1.807) is 20.8 Å². The van der Waals surface area contributed by atoms with Gasteiger partial charge in [-0.3, -0.25) is 9.36 Å². The maximum atomic E-state index is 13.0. The van der Waals surface area contributed by atoms with Gasteiger partial charge in [-0.1, -0.05) is 44.7 Å². The van der Waals surface area contributed by atoms with Gasteiger partial charge >= 0.3 is 11.7 Å². The first-order chi connectivity index (χ1) is 18.7. The van der Waals surface area contributed by atoms with Crippen molar-refractivity contribution in [1.82, 2.24) is 14.3 Å². The molecule has 214 valence electrons. The number of unbranched alkanes of at least 4 members (excludes halogenated alkanes) is 5. The minimum Gasteiger partial charge on any atom is -0.476 e. The Kier molecular flexibility index (Phi) is 13.3. The van der Waals surface area contributed by atoms with Gasteiger partial charge in [0.1, 0.15) is 5.75 Å². The first-order valence-corrected chi connectivity index (χ1v) is 14.0. The van der Waals surface area contributed by atoms with E-state index in [0.29, 0.717) is 25.4 Å². The van der Waals surface area contributed by atoms with Crippen LogP contribution in [0.25, 0.3) is 0 Å². The van der Waals surface area contributed by atoms with E-state index >= 15 is 0 Å². The van der Waals surface area contributed by atoms with Crippen LogP contribution < -0.4 is 21.3 Å². The van der Waals surface area contributed by atoms with Crippen molar-refractivity contribution < 1.29 is 14.3 Å². The molecule has 39 heavy (non-hydrogen) atoms. The molecule has 0 unspecified atom stereocenters. The molecule has 10 heteroatoms. The van der Waals surface area contributed by atoms with E-state index in [1.807, 2.05) is 30.3 Å². The molecule has 0 radical (unpaired) electrons. The number of rotatable bonds is 18. The van der Waals surface area contributed by atoms with E-state index in [9.17, 15) is 14.4 Å². The predicted molar refractivity (Wildman–Crippen MR) is 151 cm³/mol. The number of carbonyl (C=O) groups is 1. The average Bonchev–Trinajstić information content (AvgIpc) is 2.90. The van der Waals surface area contributed by atoms with Crippen LogP contribution in [0.5, 0.6) is 5.75 Å². The third kappa shape index (κ3) is 10.2. The molecule has 2 rings (SSSR count). The minimum absolute atomic E-state index is 0.137. The predicted octanol–water partition coefficient (Wildman–Crippen LogP) is 4.44. The summed E-state index contributed by atoms with van der Waals surface area (Å²) in [5.74, 6) is 0.324. The molecule has 0 aliphatic heterocycles. The van der Waals surface area contributed by atoms with E-state index in [1.165, 1.54) is 9.25 Å². The summed E-state index contributed by atoms with van der Waals surface area (Å²) in [5.41, 5.74) is -0.902. The molecule has 0 atom stereocenters. The maximum Gasteiger partial charge on any atom is 0.349 e. The van der Waals surface area contributed by atoms with Crippen LogP contribution in [-0.2, 0) is 29.0 Å². The summed E-state index contributed by atoms with van der Waals surface area (Å²) in [7, 11) is 0. The molecule has 0 bridgehead atoms. The fraction of sp³-hybridized carbons (Fsp3) is 0.621. The third-order valence-electron chi connectivity index (χ3n) is 6.26. The Hall–Kier alpha value is -3.61. The number of aryl methyl sites for hydroxylation is 2. The van der Waals surface area contributed by atoms with Gasteiger partial charge in [-0.15, -0.1) is 5.10 Å². The van der Waals surface area contributed by atoms with E-state index < -0.39 is 22.8 Å². The van der Waals surface area contributed by atoms with Gasteiger partial charge in [0, 0.05) is 13.1 Å². The largest absolute Gasteiger partial charge is 0.476 e. The number of benzene rings is 1. The Labute approximate surface area is 230 Å². The molecule has 1 N–H and O–H groups in total. The topological polar surface area (TPSA) is 128 Å². The summed E-state index contributed by atoms with van der Waals surface area (Å²) in [6.07, 6.45) is 7.57. The Morgan fingerprint density at radius 3 is 2.56 bits per heavy atom.